The number of rotatable bonds is 9. The van der Waals surface area contributed by atoms with Gasteiger partial charge in [0.25, 0.3) is 0 Å². The van der Waals surface area contributed by atoms with Crippen LogP contribution >= 0.6 is 0 Å². The molecule has 0 fully saturated rings. The van der Waals surface area contributed by atoms with Crippen LogP contribution in [-0.2, 0) is 6.54 Å². The molecule has 0 aliphatic heterocycles. The third kappa shape index (κ3) is 6.46. The number of aliphatic imine (C=N–C) groups is 1. The van der Waals surface area contributed by atoms with Gasteiger partial charge in [0.1, 0.15) is 5.75 Å². The third-order valence-electron chi connectivity index (χ3n) is 3.66. The SMILES string of the molecule is CCNC(=NCC(O)c1cccc(OC)c1)NCCCn1cccn1. The van der Waals surface area contributed by atoms with Crippen LogP contribution in [0.2, 0.25) is 0 Å². The molecule has 1 atom stereocenters. The molecular weight excluding hydrogens is 318 g/mol. The molecule has 7 nitrogen and oxygen atoms in total. The van der Waals surface area contributed by atoms with Gasteiger partial charge in [-0.05, 0) is 37.1 Å². The van der Waals surface area contributed by atoms with E-state index in [1.807, 2.05) is 48.1 Å². The van der Waals surface area contributed by atoms with Crippen LogP contribution in [0.1, 0.15) is 25.0 Å². The van der Waals surface area contributed by atoms with E-state index in [-0.39, 0.29) is 6.54 Å². The second-order valence-corrected chi connectivity index (χ2v) is 5.56. The molecule has 0 radical (unpaired) electrons. The van der Waals surface area contributed by atoms with Crippen LogP contribution in [0, 0.1) is 0 Å². The fourth-order valence-electron chi connectivity index (χ4n) is 2.35. The van der Waals surface area contributed by atoms with Crippen LogP contribution in [0.3, 0.4) is 0 Å². The Hall–Kier alpha value is -2.54. The summed E-state index contributed by atoms with van der Waals surface area (Å²) in [5.41, 5.74) is 0.789. The van der Waals surface area contributed by atoms with Gasteiger partial charge in [-0.2, -0.15) is 5.10 Å². The maximum Gasteiger partial charge on any atom is 0.191 e. The van der Waals surface area contributed by atoms with Gasteiger partial charge in [0.05, 0.1) is 19.8 Å². The monoisotopic (exact) mass is 345 g/mol. The fourth-order valence-corrected chi connectivity index (χ4v) is 2.35. The zero-order valence-corrected chi connectivity index (χ0v) is 14.9. The zero-order chi connectivity index (χ0) is 17.9. The summed E-state index contributed by atoms with van der Waals surface area (Å²) in [6, 6.07) is 9.32. The number of aliphatic hydroxyl groups excluding tert-OH is 1. The van der Waals surface area contributed by atoms with E-state index in [2.05, 4.69) is 20.7 Å². The summed E-state index contributed by atoms with van der Waals surface area (Å²) in [7, 11) is 1.61. The molecule has 1 aromatic heterocycles. The summed E-state index contributed by atoms with van der Waals surface area (Å²) >= 11 is 0. The maximum absolute atomic E-state index is 10.3. The molecular formula is C18H27N5O2. The summed E-state index contributed by atoms with van der Waals surface area (Å²) in [6.07, 6.45) is 3.99. The average molecular weight is 345 g/mol. The van der Waals surface area contributed by atoms with E-state index in [4.69, 9.17) is 4.74 Å². The van der Waals surface area contributed by atoms with Crippen LogP contribution in [0.15, 0.2) is 47.7 Å². The molecule has 0 aliphatic rings. The summed E-state index contributed by atoms with van der Waals surface area (Å²) in [6.45, 7) is 4.69. The van der Waals surface area contributed by atoms with Crippen molar-refractivity contribution in [3.63, 3.8) is 0 Å². The number of aromatic nitrogens is 2. The van der Waals surface area contributed by atoms with Crippen molar-refractivity contribution in [2.24, 2.45) is 4.99 Å². The minimum atomic E-state index is -0.672. The van der Waals surface area contributed by atoms with Gasteiger partial charge >= 0.3 is 0 Å². The van der Waals surface area contributed by atoms with Gasteiger partial charge in [0.15, 0.2) is 5.96 Å². The number of methoxy groups -OCH3 is 1. The van der Waals surface area contributed by atoms with Crippen LogP contribution in [-0.4, -0.2) is 47.6 Å². The Morgan fingerprint density at radius 3 is 2.96 bits per heavy atom. The Balaban J connectivity index is 1.82. The second kappa shape index (κ2) is 10.4. The predicted octanol–water partition coefficient (Wildman–Crippen LogP) is 1.57. The molecule has 25 heavy (non-hydrogen) atoms. The first kappa shape index (κ1) is 18.8. The predicted molar refractivity (Wildman–Crippen MR) is 98.8 cm³/mol. The van der Waals surface area contributed by atoms with Gasteiger partial charge in [-0.3, -0.25) is 9.67 Å². The van der Waals surface area contributed by atoms with Gasteiger partial charge in [0.2, 0.25) is 0 Å². The van der Waals surface area contributed by atoms with Crippen molar-refractivity contribution >= 4 is 5.96 Å². The van der Waals surface area contributed by atoms with E-state index in [1.54, 1.807) is 13.3 Å². The van der Waals surface area contributed by atoms with E-state index < -0.39 is 6.10 Å². The van der Waals surface area contributed by atoms with Crippen LogP contribution in [0.5, 0.6) is 5.75 Å². The number of ether oxygens (including phenoxy) is 1. The lowest BCUT2D eigenvalue weighted by Gasteiger charge is -2.14. The molecule has 0 amide bonds. The molecule has 0 bridgehead atoms. The second-order valence-electron chi connectivity index (χ2n) is 5.56. The lowest BCUT2D eigenvalue weighted by molar-refractivity contribution is 0.186. The highest BCUT2D eigenvalue weighted by molar-refractivity contribution is 5.79. The smallest absolute Gasteiger partial charge is 0.191 e. The molecule has 136 valence electrons. The Labute approximate surface area is 148 Å². The molecule has 0 aliphatic carbocycles. The van der Waals surface area contributed by atoms with Gasteiger partial charge in [-0.1, -0.05) is 12.1 Å². The van der Waals surface area contributed by atoms with Crippen molar-refractivity contribution in [1.29, 1.82) is 0 Å². The Morgan fingerprint density at radius 2 is 2.24 bits per heavy atom. The van der Waals surface area contributed by atoms with Crippen molar-refractivity contribution in [2.45, 2.75) is 26.0 Å². The fraction of sp³-hybridized carbons (Fsp3) is 0.444. The van der Waals surface area contributed by atoms with E-state index in [1.165, 1.54) is 0 Å². The lowest BCUT2D eigenvalue weighted by Crippen LogP contribution is -2.38. The minimum Gasteiger partial charge on any atom is -0.497 e. The van der Waals surface area contributed by atoms with Crippen molar-refractivity contribution in [2.75, 3.05) is 26.7 Å². The van der Waals surface area contributed by atoms with Crippen LogP contribution in [0.25, 0.3) is 0 Å². The van der Waals surface area contributed by atoms with Crippen LogP contribution < -0.4 is 15.4 Å². The Morgan fingerprint density at radius 1 is 1.36 bits per heavy atom. The molecule has 3 N–H and O–H groups in total. The molecule has 0 spiro atoms. The molecule has 2 rings (SSSR count). The first-order valence-electron chi connectivity index (χ1n) is 8.54. The third-order valence-corrected chi connectivity index (χ3v) is 3.66. The topological polar surface area (TPSA) is 83.7 Å². The van der Waals surface area contributed by atoms with Crippen LogP contribution in [0.4, 0.5) is 0 Å². The van der Waals surface area contributed by atoms with Gasteiger partial charge in [-0.25, -0.2) is 0 Å². The van der Waals surface area contributed by atoms with Crippen molar-refractivity contribution < 1.29 is 9.84 Å². The first-order chi connectivity index (χ1) is 12.2. The van der Waals surface area contributed by atoms with Gasteiger partial charge in [0, 0.05) is 32.0 Å². The van der Waals surface area contributed by atoms with E-state index in [9.17, 15) is 5.11 Å². The standard InChI is InChI=1S/C18H27N5O2/c1-3-19-18(20-9-5-11-23-12-6-10-22-23)21-14-17(24)15-7-4-8-16(13-15)25-2/h4,6-8,10,12-13,17,24H,3,5,9,11,14H2,1-2H3,(H2,19,20,21). The number of hydrogen-bond donors (Lipinski definition) is 3. The molecule has 0 saturated carbocycles. The average Bonchev–Trinajstić information content (AvgIpc) is 3.16. The van der Waals surface area contributed by atoms with E-state index in [0.29, 0.717) is 5.96 Å². The highest BCUT2D eigenvalue weighted by Crippen LogP contribution is 2.19. The maximum atomic E-state index is 10.3. The quantitative estimate of drug-likeness (QED) is 0.365. The largest absolute Gasteiger partial charge is 0.497 e. The van der Waals surface area contributed by atoms with Gasteiger partial charge in [-0.15, -0.1) is 0 Å². The van der Waals surface area contributed by atoms with E-state index in [0.717, 1.165) is 37.4 Å². The lowest BCUT2D eigenvalue weighted by atomic mass is 10.1. The summed E-state index contributed by atoms with van der Waals surface area (Å²) in [5.74, 6) is 1.43. The molecule has 1 unspecified atom stereocenters. The highest BCUT2D eigenvalue weighted by Gasteiger charge is 2.08. The molecule has 7 heteroatoms. The van der Waals surface area contributed by atoms with Crippen molar-refractivity contribution in [3.8, 4) is 5.75 Å². The first-order valence-corrected chi connectivity index (χ1v) is 8.54. The summed E-state index contributed by atoms with van der Waals surface area (Å²) in [4.78, 5) is 4.46. The van der Waals surface area contributed by atoms with Crippen molar-refractivity contribution in [3.05, 3.63) is 48.3 Å². The number of nitrogens with zero attached hydrogens (tertiary/aromatic N) is 3. The molecule has 0 saturated heterocycles. The zero-order valence-electron chi connectivity index (χ0n) is 14.9. The molecule has 2 aromatic rings. The Bertz CT molecular complexity index is 643. The number of aliphatic hydroxyl groups is 1. The van der Waals surface area contributed by atoms with Crippen molar-refractivity contribution in [1.82, 2.24) is 20.4 Å². The number of nitrogens with one attached hydrogen (secondary N) is 2. The number of aryl methyl sites for hydroxylation is 1. The number of hydrogen-bond acceptors (Lipinski definition) is 4. The minimum absolute atomic E-state index is 0.279. The molecule has 1 aromatic carbocycles. The number of guanidine groups is 1. The Kier molecular flexibility index (Phi) is 7.78. The number of benzene rings is 1. The summed E-state index contributed by atoms with van der Waals surface area (Å²) < 4.78 is 7.09. The van der Waals surface area contributed by atoms with Gasteiger partial charge < -0.3 is 20.5 Å². The van der Waals surface area contributed by atoms with E-state index >= 15 is 0 Å². The summed E-state index contributed by atoms with van der Waals surface area (Å²) in [5, 5.41) is 21.0. The molecule has 1 heterocycles. The normalized spacial score (nSPS) is 12.7. The highest BCUT2D eigenvalue weighted by atomic mass is 16.5.